The monoisotopic (exact) mass is 342 g/mol. The van der Waals surface area contributed by atoms with Crippen molar-refractivity contribution in [2.24, 2.45) is 0 Å². The largest absolute Gasteiger partial charge is 0.383 e. The van der Waals surface area contributed by atoms with Gasteiger partial charge < -0.3 is 10.6 Å². The van der Waals surface area contributed by atoms with E-state index in [0.717, 1.165) is 54.3 Å². The molecule has 6 nitrogen and oxygen atoms in total. The molecule has 128 valence electrons. The topological polar surface area (TPSA) is 83.8 Å². The van der Waals surface area contributed by atoms with E-state index in [0.29, 0.717) is 17.3 Å². The van der Waals surface area contributed by atoms with Crippen LogP contribution in [-0.4, -0.2) is 27.9 Å². The van der Waals surface area contributed by atoms with Crippen molar-refractivity contribution >= 4 is 11.5 Å². The lowest BCUT2D eigenvalue weighted by atomic mass is 9.83. The molecule has 1 fully saturated rings. The van der Waals surface area contributed by atoms with Gasteiger partial charge in [-0.05, 0) is 31.0 Å². The molecule has 0 atom stereocenters. The first-order valence-electron chi connectivity index (χ1n) is 8.86. The van der Waals surface area contributed by atoms with Crippen molar-refractivity contribution in [1.29, 1.82) is 5.26 Å². The van der Waals surface area contributed by atoms with Crippen LogP contribution in [0.4, 0.5) is 11.5 Å². The lowest BCUT2D eigenvalue weighted by Crippen LogP contribution is -2.40. The number of nitrogens with zero attached hydrogens (tertiary/aromatic N) is 5. The Morgan fingerprint density at radius 3 is 2.62 bits per heavy atom. The average Bonchev–Trinajstić information content (AvgIpc) is 3.18. The highest BCUT2D eigenvalue weighted by atomic mass is 15.3. The Balaban J connectivity index is 1.82. The number of benzene rings is 1. The Morgan fingerprint density at radius 2 is 1.88 bits per heavy atom. The van der Waals surface area contributed by atoms with Crippen LogP contribution >= 0.6 is 0 Å². The SMILES string of the molecule is N#Cc1c(N)nc2c(c1-c1ccnn1-c1ccccc1)N1CCC2CC1. The van der Waals surface area contributed by atoms with Gasteiger partial charge >= 0.3 is 0 Å². The molecule has 3 aliphatic heterocycles. The second kappa shape index (κ2) is 5.60. The van der Waals surface area contributed by atoms with E-state index < -0.39 is 0 Å². The van der Waals surface area contributed by atoms with E-state index in [2.05, 4.69) is 21.1 Å². The van der Waals surface area contributed by atoms with Gasteiger partial charge in [0.05, 0.1) is 29.0 Å². The number of nitrogens with two attached hydrogens (primary N) is 1. The van der Waals surface area contributed by atoms with Crippen LogP contribution in [0.3, 0.4) is 0 Å². The molecule has 0 unspecified atom stereocenters. The quantitative estimate of drug-likeness (QED) is 0.774. The fourth-order valence-electron chi connectivity index (χ4n) is 4.22. The number of hydrogen-bond acceptors (Lipinski definition) is 5. The van der Waals surface area contributed by atoms with Crippen molar-refractivity contribution in [1.82, 2.24) is 14.8 Å². The molecule has 26 heavy (non-hydrogen) atoms. The van der Waals surface area contributed by atoms with E-state index in [4.69, 9.17) is 5.73 Å². The molecule has 0 spiro atoms. The average molecular weight is 342 g/mol. The molecule has 0 amide bonds. The number of nitrogen functional groups attached to an aromatic ring is 1. The van der Waals surface area contributed by atoms with Crippen LogP contribution in [0.5, 0.6) is 0 Å². The third-order valence-corrected chi connectivity index (χ3v) is 5.44. The predicted molar refractivity (Wildman–Crippen MR) is 100 cm³/mol. The lowest BCUT2D eigenvalue weighted by molar-refractivity contribution is 0.465. The van der Waals surface area contributed by atoms with Gasteiger partial charge in [-0.25, -0.2) is 9.67 Å². The first-order chi connectivity index (χ1) is 12.8. The maximum Gasteiger partial charge on any atom is 0.142 e. The van der Waals surface area contributed by atoms with Gasteiger partial charge in [-0.3, -0.25) is 0 Å². The first kappa shape index (κ1) is 15.0. The van der Waals surface area contributed by atoms with E-state index in [9.17, 15) is 5.26 Å². The number of rotatable bonds is 2. The third kappa shape index (κ3) is 2.04. The maximum atomic E-state index is 9.81. The van der Waals surface area contributed by atoms with Crippen LogP contribution in [0.1, 0.15) is 30.0 Å². The van der Waals surface area contributed by atoms with E-state index >= 15 is 0 Å². The molecule has 1 aromatic carbocycles. The van der Waals surface area contributed by atoms with Crippen LogP contribution in [0.2, 0.25) is 0 Å². The van der Waals surface area contributed by atoms with Gasteiger partial charge in [-0.2, -0.15) is 10.4 Å². The number of anilines is 2. The fourth-order valence-corrected chi connectivity index (χ4v) is 4.22. The molecule has 1 saturated heterocycles. The Kier molecular flexibility index (Phi) is 3.22. The zero-order valence-electron chi connectivity index (χ0n) is 14.3. The number of piperidine rings is 1. The summed E-state index contributed by atoms with van der Waals surface area (Å²) in [4.78, 5) is 6.97. The Morgan fingerprint density at radius 1 is 1.12 bits per heavy atom. The summed E-state index contributed by atoms with van der Waals surface area (Å²) in [7, 11) is 0. The zero-order chi connectivity index (χ0) is 17.7. The minimum absolute atomic E-state index is 0.316. The van der Waals surface area contributed by atoms with Crippen LogP contribution in [0.15, 0.2) is 42.6 Å². The smallest absolute Gasteiger partial charge is 0.142 e. The summed E-state index contributed by atoms with van der Waals surface area (Å²) >= 11 is 0. The molecule has 2 aromatic heterocycles. The Labute approximate surface area is 151 Å². The highest BCUT2D eigenvalue weighted by Gasteiger charge is 2.37. The summed E-state index contributed by atoms with van der Waals surface area (Å²) in [6.07, 6.45) is 3.97. The Bertz CT molecular complexity index is 1020. The van der Waals surface area contributed by atoms with E-state index in [1.165, 1.54) is 0 Å². The molecule has 6 heteroatoms. The molecule has 5 heterocycles. The van der Waals surface area contributed by atoms with Crippen LogP contribution < -0.4 is 10.6 Å². The molecule has 0 aliphatic carbocycles. The number of aromatic nitrogens is 3. The minimum atomic E-state index is 0.316. The second-order valence-electron chi connectivity index (χ2n) is 6.82. The third-order valence-electron chi connectivity index (χ3n) is 5.44. The van der Waals surface area contributed by atoms with Gasteiger partial charge in [-0.15, -0.1) is 0 Å². The maximum absolute atomic E-state index is 9.81. The van der Waals surface area contributed by atoms with Gasteiger partial charge in [0.1, 0.15) is 17.5 Å². The summed E-state index contributed by atoms with van der Waals surface area (Å²) < 4.78 is 1.87. The van der Waals surface area contributed by atoms with Crippen molar-refractivity contribution in [3.05, 3.63) is 53.9 Å². The normalized spacial score (nSPS) is 15.7. The summed E-state index contributed by atoms with van der Waals surface area (Å²) in [5.41, 5.74) is 11.4. The number of nitriles is 1. The molecule has 6 rings (SSSR count). The number of fused-ring (bicyclic) bond motifs is 2. The first-order valence-corrected chi connectivity index (χ1v) is 8.86. The number of pyridine rings is 1. The van der Waals surface area contributed by atoms with Crippen molar-refractivity contribution in [3.8, 4) is 23.0 Å². The standard InChI is InChI=1S/C20H18N6/c21-12-15-17(16-6-9-23-26(16)14-4-2-1-3-5-14)19-18(24-20(15)22)13-7-10-25(19)11-8-13/h1-6,9,13H,7-8,10-11H2,(H2,22,24). The van der Waals surface area contributed by atoms with Gasteiger partial charge in [0.2, 0.25) is 0 Å². The van der Waals surface area contributed by atoms with Gasteiger partial charge in [-0.1, -0.05) is 18.2 Å². The van der Waals surface area contributed by atoms with Crippen molar-refractivity contribution in [2.45, 2.75) is 18.8 Å². The van der Waals surface area contributed by atoms with Gasteiger partial charge in [0.25, 0.3) is 0 Å². The van der Waals surface area contributed by atoms with Gasteiger partial charge in [0.15, 0.2) is 0 Å². The van der Waals surface area contributed by atoms with Crippen LogP contribution in [0, 0.1) is 11.3 Å². The van der Waals surface area contributed by atoms with Gasteiger partial charge in [0, 0.05) is 24.6 Å². The molecule has 0 radical (unpaired) electrons. The molecular weight excluding hydrogens is 324 g/mol. The van der Waals surface area contributed by atoms with Crippen LogP contribution in [-0.2, 0) is 0 Å². The van der Waals surface area contributed by atoms with Crippen molar-refractivity contribution < 1.29 is 0 Å². The van der Waals surface area contributed by atoms with E-state index in [-0.39, 0.29) is 0 Å². The summed E-state index contributed by atoms with van der Waals surface area (Å²) in [6.45, 7) is 2.00. The molecular formula is C20H18N6. The van der Waals surface area contributed by atoms with Crippen LogP contribution in [0.25, 0.3) is 16.9 Å². The summed E-state index contributed by atoms with van der Waals surface area (Å²) in [6, 6.07) is 14.2. The molecule has 0 saturated carbocycles. The highest BCUT2D eigenvalue weighted by Crippen LogP contribution is 2.48. The van der Waals surface area contributed by atoms with E-state index in [1.54, 1.807) is 6.20 Å². The predicted octanol–water partition coefficient (Wildman–Crippen LogP) is 3.09. The zero-order valence-corrected chi connectivity index (χ0v) is 14.3. The highest BCUT2D eigenvalue weighted by molar-refractivity contribution is 5.88. The fraction of sp³-hybridized carbons (Fsp3) is 0.250. The second-order valence-corrected chi connectivity index (χ2v) is 6.82. The number of hydrogen-bond donors (Lipinski definition) is 1. The minimum Gasteiger partial charge on any atom is -0.383 e. The van der Waals surface area contributed by atoms with E-state index in [1.807, 2.05) is 41.1 Å². The number of para-hydroxylation sites is 1. The molecule has 3 aliphatic rings. The summed E-state index contributed by atoms with van der Waals surface area (Å²) in [5.74, 6) is 0.743. The van der Waals surface area contributed by atoms with Crippen molar-refractivity contribution in [3.63, 3.8) is 0 Å². The molecule has 3 aromatic rings. The summed E-state index contributed by atoms with van der Waals surface area (Å²) in [5, 5.41) is 14.3. The molecule has 2 bridgehead atoms. The Hall–Kier alpha value is -3.33. The molecule has 2 N–H and O–H groups in total. The van der Waals surface area contributed by atoms with Crippen molar-refractivity contribution in [2.75, 3.05) is 23.7 Å². The lowest BCUT2D eigenvalue weighted by Gasteiger charge is -2.42.